The van der Waals surface area contributed by atoms with E-state index in [0.29, 0.717) is 5.56 Å². The van der Waals surface area contributed by atoms with E-state index in [9.17, 15) is 8.42 Å². The molecule has 1 aromatic rings. The monoisotopic (exact) mass is 304 g/mol. The number of hydrogen-bond donors (Lipinski definition) is 0. The summed E-state index contributed by atoms with van der Waals surface area (Å²) in [6.45, 7) is 9.72. The number of hydrogen-bond acceptors (Lipinski definition) is 3. The zero-order valence-corrected chi connectivity index (χ0v) is 13.6. The molecule has 0 spiro atoms. The van der Waals surface area contributed by atoms with Gasteiger partial charge in [-0.05, 0) is 49.4 Å². The third-order valence-corrected chi connectivity index (χ3v) is 4.47. The van der Waals surface area contributed by atoms with Crippen LogP contribution < -0.4 is 4.74 Å². The lowest BCUT2D eigenvalue weighted by Crippen LogP contribution is -2.12. The summed E-state index contributed by atoms with van der Waals surface area (Å²) < 4.78 is 29.1. The van der Waals surface area contributed by atoms with Gasteiger partial charge >= 0.3 is 0 Å². The summed E-state index contributed by atoms with van der Waals surface area (Å²) in [4.78, 5) is 0.179. The largest absolute Gasteiger partial charge is 0.490 e. The van der Waals surface area contributed by atoms with E-state index in [1.54, 1.807) is 12.1 Å². The molecule has 0 aliphatic carbocycles. The zero-order valence-electron chi connectivity index (χ0n) is 12.0. The first-order valence-electron chi connectivity index (χ1n) is 6.42. The molecular formula is C14H21ClO3S. The van der Waals surface area contributed by atoms with E-state index >= 15 is 0 Å². The van der Waals surface area contributed by atoms with Crippen LogP contribution in [0.25, 0.3) is 0 Å². The molecule has 1 rings (SSSR count). The standard InChI is InChI=1S/C14H21ClO3S/c1-6-11(5)18-13-8-12(9(2)3)14(7-10(13)4)19(15,16)17/h7-9,11H,6H2,1-5H3. The predicted molar refractivity (Wildman–Crippen MR) is 78.7 cm³/mol. The number of ether oxygens (including phenoxy) is 1. The molecule has 0 saturated carbocycles. The summed E-state index contributed by atoms with van der Waals surface area (Å²) in [5, 5.41) is 0. The van der Waals surface area contributed by atoms with Crippen LogP contribution in [-0.2, 0) is 9.05 Å². The molecule has 19 heavy (non-hydrogen) atoms. The van der Waals surface area contributed by atoms with Crippen LogP contribution in [0.4, 0.5) is 0 Å². The molecule has 0 amide bonds. The molecule has 0 heterocycles. The molecule has 0 radical (unpaired) electrons. The van der Waals surface area contributed by atoms with Gasteiger partial charge in [0.05, 0.1) is 11.0 Å². The van der Waals surface area contributed by atoms with E-state index in [0.717, 1.165) is 17.7 Å². The van der Waals surface area contributed by atoms with Gasteiger partial charge in [0.15, 0.2) is 0 Å². The molecule has 5 heteroatoms. The highest BCUT2D eigenvalue weighted by atomic mass is 35.7. The van der Waals surface area contributed by atoms with Crippen molar-refractivity contribution in [1.82, 2.24) is 0 Å². The molecule has 0 aliphatic rings. The first-order chi connectivity index (χ1) is 8.66. The Morgan fingerprint density at radius 2 is 1.84 bits per heavy atom. The van der Waals surface area contributed by atoms with Gasteiger partial charge in [0.25, 0.3) is 9.05 Å². The number of benzene rings is 1. The molecule has 0 aromatic heterocycles. The van der Waals surface area contributed by atoms with Crippen molar-refractivity contribution in [3.63, 3.8) is 0 Å². The topological polar surface area (TPSA) is 43.4 Å². The van der Waals surface area contributed by atoms with Gasteiger partial charge in [-0.15, -0.1) is 0 Å². The lowest BCUT2D eigenvalue weighted by Gasteiger charge is -2.19. The van der Waals surface area contributed by atoms with Gasteiger partial charge in [0, 0.05) is 10.7 Å². The maximum Gasteiger partial charge on any atom is 0.261 e. The van der Waals surface area contributed by atoms with E-state index in [1.165, 1.54) is 0 Å². The van der Waals surface area contributed by atoms with Crippen LogP contribution in [0.15, 0.2) is 17.0 Å². The van der Waals surface area contributed by atoms with Crippen molar-refractivity contribution >= 4 is 19.7 Å². The Morgan fingerprint density at radius 1 is 1.26 bits per heavy atom. The SMILES string of the molecule is CCC(C)Oc1cc(C(C)C)c(S(=O)(=O)Cl)cc1C. The Kier molecular flexibility index (Phi) is 5.27. The lowest BCUT2D eigenvalue weighted by atomic mass is 10.0. The van der Waals surface area contributed by atoms with E-state index < -0.39 is 9.05 Å². The first-order valence-corrected chi connectivity index (χ1v) is 8.73. The van der Waals surface area contributed by atoms with Crippen molar-refractivity contribution in [1.29, 1.82) is 0 Å². The zero-order chi connectivity index (χ0) is 14.8. The first kappa shape index (κ1) is 16.3. The Bertz CT molecular complexity index is 550. The number of aryl methyl sites for hydroxylation is 1. The minimum Gasteiger partial charge on any atom is -0.490 e. The van der Waals surface area contributed by atoms with Crippen LogP contribution in [0.1, 0.15) is 51.2 Å². The van der Waals surface area contributed by atoms with Crippen molar-refractivity contribution in [2.45, 2.75) is 58.0 Å². The molecule has 108 valence electrons. The van der Waals surface area contributed by atoms with E-state index in [4.69, 9.17) is 15.4 Å². The average molecular weight is 305 g/mol. The summed E-state index contributed by atoms with van der Waals surface area (Å²) in [6, 6.07) is 3.39. The fraction of sp³-hybridized carbons (Fsp3) is 0.571. The third kappa shape index (κ3) is 4.11. The molecule has 0 bridgehead atoms. The second kappa shape index (κ2) is 6.14. The molecule has 0 saturated heterocycles. The minimum absolute atomic E-state index is 0.0587. The highest BCUT2D eigenvalue weighted by Crippen LogP contribution is 2.33. The van der Waals surface area contributed by atoms with Crippen LogP contribution in [0, 0.1) is 6.92 Å². The van der Waals surface area contributed by atoms with Gasteiger partial charge in [-0.2, -0.15) is 0 Å². The van der Waals surface area contributed by atoms with Crippen molar-refractivity contribution in [2.24, 2.45) is 0 Å². The van der Waals surface area contributed by atoms with Crippen LogP contribution in [0.3, 0.4) is 0 Å². The Balaban J connectivity index is 3.37. The van der Waals surface area contributed by atoms with Gasteiger partial charge in [-0.3, -0.25) is 0 Å². The van der Waals surface area contributed by atoms with Crippen molar-refractivity contribution < 1.29 is 13.2 Å². The number of rotatable bonds is 5. The van der Waals surface area contributed by atoms with E-state index in [-0.39, 0.29) is 16.9 Å². The van der Waals surface area contributed by atoms with Crippen LogP contribution >= 0.6 is 10.7 Å². The van der Waals surface area contributed by atoms with Gasteiger partial charge < -0.3 is 4.74 Å². The van der Waals surface area contributed by atoms with Crippen LogP contribution in [0.2, 0.25) is 0 Å². The van der Waals surface area contributed by atoms with Gasteiger partial charge in [0.1, 0.15) is 5.75 Å². The maximum absolute atomic E-state index is 11.6. The third-order valence-electron chi connectivity index (χ3n) is 3.10. The second-order valence-electron chi connectivity index (χ2n) is 5.08. The predicted octanol–water partition coefficient (Wildman–Crippen LogP) is 4.22. The summed E-state index contributed by atoms with van der Waals surface area (Å²) in [5.41, 5.74) is 1.47. The highest BCUT2D eigenvalue weighted by molar-refractivity contribution is 8.13. The highest BCUT2D eigenvalue weighted by Gasteiger charge is 2.20. The van der Waals surface area contributed by atoms with Crippen molar-refractivity contribution in [3.05, 3.63) is 23.3 Å². The second-order valence-corrected chi connectivity index (χ2v) is 7.62. The fourth-order valence-corrected chi connectivity index (χ4v) is 3.06. The normalized spacial score (nSPS) is 13.6. The van der Waals surface area contributed by atoms with E-state index in [2.05, 4.69) is 0 Å². The molecule has 0 fully saturated rings. The van der Waals surface area contributed by atoms with Crippen molar-refractivity contribution in [3.8, 4) is 5.75 Å². The molecule has 1 aromatic carbocycles. The van der Waals surface area contributed by atoms with Gasteiger partial charge in [-0.1, -0.05) is 20.8 Å². The Hall–Kier alpha value is -0.740. The van der Waals surface area contributed by atoms with Gasteiger partial charge in [-0.25, -0.2) is 8.42 Å². The molecule has 0 N–H and O–H groups in total. The molecule has 1 atom stereocenters. The minimum atomic E-state index is -3.74. The summed E-state index contributed by atoms with van der Waals surface area (Å²) in [5.74, 6) is 0.783. The van der Waals surface area contributed by atoms with Crippen LogP contribution in [0.5, 0.6) is 5.75 Å². The van der Waals surface area contributed by atoms with Gasteiger partial charge in [0.2, 0.25) is 0 Å². The summed E-state index contributed by atoms with van der Waals surface area (Å²) in [7, 11) is 1.76. The molecule has 3 nitrogen and oxygen atoms in total. The molecule has 1 unspecified atom stereocenters. The Labute approximate surface area is 120 Å². The summed E-state index contributed by atoms with van der Waals surface area (Å²) >= 11 is 0. The maximum atomic E-state index is 11.6. The fourth-order valence-electron chi connectivity index (χ4n) is 1.77. The van der Waals surface area contributed by atoms with Crippen LogP contribution in [-0.4, -0.2) is 14.5 Å². The quantitative estimate of drug-likeness (QED) is 0.765. The number of halogens is 1. The molecule has 0 aliphatic heterocycles. The molecular weight excluding hydrogens is 284 g/mol. The van der Waals surface area contributed by atoms with Crippen molar-refractivity contribution in [2.75, 3.05) is 0 Å². The lowest BCUT2D eigenvalue weighted by molar-refractivity contribution is 0.215. The summed E-state index contributed by atoms with van der Waals surface area (Å²) in [6.07, 6.45) is 0.989. The smallest absolute Gasteiger partial charge is 0.261 e. The Morgan fingerprint density at radius 3 is 2.26 bits per heavy atom. The van der Waals surface area contributed by atoms with E-state index in [1.807, 2.05) is 34.6 Å². The average Bonchev–Trinajstić information content (AvgIpc) is 2.29.